The summed E-state index contributed by atoms with van der Waals surface area (Å²) in [4.78, 5) is 11.1. The fourth-order valence-corrected chi connectivity index (χ4v) is 1.86. The first-order valence-corrected chi connectivity index (χ1v) is 6.43. The number of nitrogens with one attached hydrogen (secondary N) is 1. The molecular weight excluding hydrogens is 230 g/mol. The van der Waals surface area contributed by atoms with Crippen LogP contribution in [-0.4, -0.2) is 23.7 Å². The maximum atomic E-state index is 11.1. The summed E-state index contributed by atoms with van der Waals surface area (Å²) < 4.78 is 5.48. The Morgan fingerprint density at radius 1 is 1.44 bits per heavy atom. The van der Waals surface area contributed by atoms with Gasteiger partial charge in [0, 0.05) is 5.69 Å². The molecule has 4 nitrogen and oxygen atoms in total. The van der Waals surface area contributed by atoms with Crippen molar-refractivity contribution in [2.75, 3.05) is 11.9 Å². The van der Waals surface area contributed by atoms with Crippen LogP contribution in [-0.2, 0) is 4.79 Å². The van der Waals surface area contributed by atoms with E-state index in [-0.39, 0.29) is 5.92 Å². The van der Waals surface area contributed by atoms with Gasteiger partial charge in [-0.1, -0.05) is 6.92 Å². The van der Waals surface area contributed by atoms with Gasteiger partial charge in [-0.3, -0.25) is 0 Å². The summed E-state index contributed by atoms with van der Waals surface area (Å²) in [6, 6.07) is 6.99. The molecule has 18 heavy (non-hydrogen) atoms. The molecule has 0 aromatic heterocycles. The van der Waals surface area contributed by atoms with Crippen molar-refractivity contribution in [3.63, 3.8) is 0 Å². The number of anilines is 1. The standard InChI is InChI=1S/C14H19NO3/c1-2-9-18-12-7-5-11(6-8-12)15-13(14(16)17)10-3-4-10/h5-8,10,13,15H,2-4,9H2,1H3,(H,16,17). The lowest BCUT2D eigenvalue weighted by Crippen LogP contribution is -2.31. The first-order valence-electron chi connectivity index (χ1n) is 6.43. The molecule has 0 saturated heterocycles. The summed E-state index contributed by atoms with van der Waals surface area (Å²) in [5, 5.41) is 12.2. The quantitative estimate of drug-likeness (QED) is 0.780. The Labute approximate surface area is 107 Å². The van der Waals surface area contributed by atoms with Crippen molar-refractivity contribution in [2.24, 2.45) is 5.92 Å². The van der Waals surface area contributed by atoms with Gasteiger partial charge in [-0.25, -0.2) is 4.79 Å². The Balaban J connectivity index is 1.94. The molecular formula is C14H19NO3. The van der Waals surface area contributed by atoms with Gasteiger partial charge in [-0.2, -0.15) is 0 Å². The third-order valence-corrected chi connectivity index (χ3v) is 3.01. The highest BCUT2D eigenvalue weighted by Gasteiger charge is 2.36. The maximum Gasteiger partial charge on any atom is 0.326 e. The lowest BCUT2D eigenvalue weighted by molar-refractivity contribution is -0.138. The fourth-order valence-electron chi connectivity index (χ4n) is 1.86. The van der Waals surface area contributed by atoms with Crippen LogP contribution in [0.1, 0.15) is 26.2 Å². The van der Waals surface area contributed by atoms with Crippen LogP contribution in [0.4, 0.5) is 5.69 Å². The molecule has 0 aliphatic heterocycles. The van der Waals surface area contributed by atoms with Gasteiger partial charge < -0.3 is 15.2 Å². The van der Waals surface area contributed by atoms with Crippen LogP contribution in [0.15, 0.2) is 24.3 Å². The number of hydrogen-bond donors (Lipinski definition) is 2. The van der Waals surface area contributed by atoms with Crippen molar-refractivity contribution in [2.45, 2.75) is 32.2 Å². The van der Waals surface area contributed by atoms with E-state index < -0.39 is 12.0 Å². The summed E-state index contributed by atoms with van der Waals surface area (Å²) in [6.07, 6.45) is 2.98. The Bertz CT molecular complexity index is 398. The Morgan fingerprint density at radius 2 is 2.11 bits per heavy atom. The van der Waals surface area contributed by atoms with Gasteiger partial charge in [-0.15, -0.1) is 0 Å². The molecule has 1 aromatic carbocycles. The molecule has 98 valence electrons. The number of benzene rings is 1. The van der Waals surface area contributed by atoms with Crippen molar-refractivity contribution in [1.29, 1.82) is 0 Å². The molecule has 0 heterocycles. The van der Waals surface area contributed by atoms with E-state index in [9.17, 15) is 4.79 Å². The zero-order valence-corrected chi connectivity index (χ0v) is 10.6. The first kappa shape index (κ1) is 12.7. The minimum atomic E-state index is -0.774. The molecule has 1 saturated carbocycles. The van der Waals surface area contributed by atoms with Gasteiger partial charge in [0.25, 0.3) is 0 Å². The highest BCUT2D eigenvalue weighted by Crippen LogP contribution is 2.34. The van der Waals surface area contributed by atoms with E-state index in [1.54, 1.807) is 0 Å². The molecule has 2 N–H and O–H groups in total. The summed E-state index contributed by atoms with van der Waals surface area (Å²) >= 11 is 0. The lowest BCUT2D eigenvalue weighted by atomic mass is 10.1. The van der Waals surface area contributed by atoms with Gasteiger partial charge in [-0.05, 0) is 49.4 Å². The third kappa shape index (κ3) is 3.39. The SMILES string of the molecule is CCCOc1ccc(NC(C(=O)O)C2CC2)cc1. The summed E-state index contributed by atoms with van der Waals surface area (Å²) in [5.74, 6) is 0.322. The van der Waals surface area contributed by atoms with Crippen LogP contribution in [0.2, 0.25) is 0 Å². The van der Waals surface area contributed by atoms with Crippen LogP contribution in [0.5, 0.6) is 5.75 Å². The molecule has 0 amide bonds. The molecule has 1 aliphatic carbocycles. The van der Waals surface area contributed by atoms with Crippen molar-refractivity contribution in [3.8, 4) is 5.75 Å². The number of rotatable bonds is 7. The fraction of sp³-hybridized carbons (Fsp3) is 0.500. The van der Waals surface area contributed by atoms with E-state index in [1.165, 1.54) is 0 Å². The van der Waals surface area contributed by atoms with Crippen LogP contribution in [0.3, 0.4) is 0 Å². The molecule has 1 fully saturated rings. The highest BCUT2D eigenvalue weighted by molar-refractivity contribution is 5.78. The van der Waals surface area contributed by atoms with E-state index >= 15 is 0 Å². The number of ether oxygens (including phenoxy) is 1. The first-order chi connectivity index (χ1) is 8.70. The zero-order valence-electron chi connectivity index (χ0n) is 10.6. The van der Waals surface area contributed by atoms with Gasteiger partial charge >= 0.3 is 5.97 Å². The number of carboxylic acids is 1. The molecule has 0 bridgehead atoms. The van der Waals surface area contributed by atoms with Crippen molar-refractivity contribution < 1.29 is 14.6 Å². The number of aliphatic carboxylic acids is 1. The molecule has 4 heteroatoms. The van der Waals surface area contributed by atoms with Crippen molar-refractivity contribution in [3.05, 3.63) is 24.3 Å². The van der Waals surface area contributed by atoms with Gasteiger partial charge in [0.1, 0.15) is 11.8 Å². The number of carbonyl (C=O) groups is 1. The second-order valence-corrected chi connectivity index (χ2v) is 4.67. The summed E-state index contributed by atoms with van der Waals surface area (Å²) in [5.41, 5.74) is 0.832. The Hall–Kier alpha value is -1.71. The molecule has 0 radical (unpaired) electrons. The van der Waals surface area contributed by atoms with Gasteiger partial charge in [0.2, 0.25) is 0 Å². The monoisotopic (exact) mass is 249 g/mol. The number of hydrogen-bond acceptors (Lipinski definition) is 3. The van der Waals surface area contributed by atoms with Gasteiger partial charge in [0.15, 0.2) is 0 Å². The Kier molecular flexibility index (Phi) is 4.07. The normalized spacial score (nSPS) is 16.1. The molecule has 1 aliphatic rings. The Morgan fingerprint density at radius 3 is 2.61 bits per heavy atom. The van der Waals surface area contributed by atoms with Crippen LogP contribution in [0.25, 0.3) is 0 Å². The van der Waals surface area contributed by atoms with Crippen molar-refractivity contribution >= 4 is 11.7 Å². The predicted molar refractivity (Wildman–Crippen MR) is 70.0 cm³/mol. The lowest BCUT2D eigenvalue weighted by Gasteiger charge is -2.15. The van der Waals surface area contributed by atoms with E-state index in [0.29, 0.717) is 6.61 Å². The predicted octanol–water partition coefficient (Wildman–Crippen LogP) is 2.75. The molecule has 1 aromatic rings. The average molecular weight is 249 g/mol. The second kappa shape index (κ2) is 5.76. The van der Waals surface area contributed by atoms with E-state index in [1.807, 2.05) is 24.3 Å². The van der Waals surface area contributed by atoms with Crippen LogP contribution in [0, 0.1) is 5.92 Å². The zero-order chi connectivity index (χ0) is 13.0. The highest BCUT2D eigenvalue weighted by atomic mass is 16.5. The summed E-state index contributed by atoms with van der Waals surface area (Å²) in [6.45, 7) is 2.76. The van der Waals surface area contributed by atoms with E-state index in [4.69, 9.17) is 9.84 Å². The second-order valence-electron chi connectivity index (χ2n) is 4.67. The topological polar surface area (TPSA) is 58.6 Å². The largest absolute Gasteiger partial charge is 0.494 e. The minimum Gasteiger partial charge on any atom is -0.494 e. The average Bonchev–Trinajstić information content (AvgIpc) is 3.18. The van der Waals surface area contributed by atoms with E-state index in [0.717, 1.165) is 30.7 Å². The smallest absolute Gasteiger partial charge is 0.326 e. The summed E-state index contributed by atoms with van der Waals surface area (Å²) in [7, 11) is 0. The third-order valence-electron chi connectivity index (χ3n) is 3.01. The molecule has 2 rings (SSSR count). The van der Waals surface area contributed by atoms with E-state index in [2.05, 4.69) is 12.2 Å². The molecule has 1 atom stereocenters. The van der Waals surface area contributed by atoms with Gasteiger partial charge in [0.05, 0.1) is 6.61 Å². The minimum absolute atomic E-state index is 0.276. The molecule has 1 unspecified atom stereocenters. The van der Waals surface area contributed by atoms with Crippen LogP contribution >= 0.6 is 0 Å². The molecule has 0 spiro atoms. The number of carboxylic acid groups (broad SMARTS) is 1. The van der Waals surface area contributed by atoms with Crippen LogP contribution < -0.4 is 10.1 Å². The maximum absolute atomic E-state index is 11.1. The van der Waals surface area contributed by atoms with Crippen molar-refractivity contribution in [1.82, 2.24) is 0 Å².